The first-order chi connectivity index (χ1) is 14.8. The van der Waals surface area contributed by atoms with Crippen molar-refractivity contribution in [3.05, 3.63) is 54.6 Å². The van der Waals surface area contributed by atoms with Crippen LogP contribution in [0.25, 0.3) is 0 Å². The second-order valence-corrected chi connectivity index (χ2v) is 8.79. The van der Waals surface area contributed by atoms with Crippen molar-refractivity contribution in [3.8, 4) is 11.5 Å². The summed E-state index contributed by atoms with van der Waals surface area (Å²) in [5.41, 5.74) is 1.25. The Labute approximate surface area is 182 Å². The molecule has 0 saturated carbocycles. The number of rotatable bonds is 8. The second-order valence-electron chi connectivity index (χ2n) is 6.91. The number of aromatic nitrogens is 3. The van der Waals surface area contributed by atoms with Gasteiger partial charge in [0.2, 0.25) is 10.0 Å². The van der Waals surface area contributed by atoms with Gasteiger partial charge in [-0.25, -0.2) is 23.1 Å². The number of aliphatic imine (C=N–C) groups is 1. The molecular weight excluding hydrogens is 420 g/mol. The minimum Gasteiger partial charge on any atom is -0.493 e. The van der Waals surface area contributed by atoms with Crippen LogP contribution in [-0.2, 0) is 17.1 Å². The van der Waals surface area contributed by atoms with Crippen LogP contribution < -0.4 is 14.8 Å². The van der Waals surface area contributed by atoms with Crippen molar-refractivity contribution in [2.24, 2.45) is 18.0 Å². The van der Waals surface area contributed by atoms with Gasteiger partial charge < -0.3 is 14.8 Å². The molecule has 166 valence electrons. The summed E-state index contributed by atoms with van der Waals surface area (Å²) in [5, 5.41) is 8.30. The van der Waals surface area contributed by atoms with Crippen LogP contribution in [-0.4, -0.2) is 60.6 Å². The minimum absolute atomic E-state index is 0.0847. The highest BCUT2D eigenvalue weighted by Crippen LogP contribution is 2.31. The summed E-state index contributed by atoms with van der Waals surface area (Å²) in [6.45, 7) is 8.24. The Morgan fingerprint density at radius 2 is 2.06 bits per heavy atom. The first kappa shape index (κ1) is 22.5. The largest absolute Gasteiger partial charge is 0.493 e. The molecule has 1 aliphatic rings. The van der Waals surface area contributed by atoms with Crippen molar-refractivity contribution < 1.29 is 17.9 Å². The van der Waals surface area contributed by atoms with Crippen LogP contribution in [0.4, 0.5) is 5.69 Å². The maximum absolute atomic E-state index is 12.1. The van der Waals surface area contributed by atoms with Crippen LogP contribution in [0.3, 0.4) is 0 Å². The number of aryl methyl sites for hydroxylation is 1. The van der Waals surface area contributed by atoms with Gasteiger partial charge in [-0.05, 0) is 18.6 Å². The average molecular weight is 447 g/mol. The van der Waals surface area contributed by atoms with Crippen LogP contribution in [0.5, 0.6) is 11.5 Å². The third-order valence-electron chi connectivity index (χ3n) is 5.02. The first-order valence-corrected chi connectivity index (χ1v) is 11.0. The number of ether oxygens (including phenoxy) is 2. The molecule has 0 bridgehead atoms. The predicted molar refractivity (Wildman–Crippen MR) is 118 cm³/mol. The molecule has 1 aromatic heterocycles. The van der Waals surface area contributed by atoms with Crippen molar-refractivity contribution in [2.75, 3.05) is 27.3 Å². The molecule has 1 saturated heterocycles. The quantitative estimate of drug-likeness (QED) is 0.486. The summed E-state index contributed by atoms with van der Waals surface area (Å²) in [6, 6.07) is 5.29. The number of amidine groups is 1. The summed E-state index contributed by atoms with van der Waals surface area (Å²) in [6.07, 6.45) is 2.07. The third kappa shape index (κ3) is 4.94. The number of hydrogen-bond donors (Lipinski definition) is 1. The number of nitrogens with zero attached hydrogens (tertiary/aromatic N) is 5. The zero-order valence-electron chi connectivity index (χ0n) is 17.8. The summed E-state index contributed by atoms with van der Waals surface area (Å²) in [7, 11) is 1.41. The highest BCUT2D eigenvalue weighted by molar-refractivity contribution is 7.92. The fourth-order valence-corrected chi connectivity index (χ4v) is 4.23. The van der Waals surface area contributed by atoms with Gasteiger partial charge in [0.25, 0.3) is 0 Å². The van der Waals surface area contributed by atoms with E-state index in [2.05, 4.69) is 33.5 Å². The Balaban J connectivity index is 1.88. The lowest BCUT2D eigenvalue weighted by Gasteiger charge is -2.18. The van der Waals surface area contributed by atoms with Crippen LogP contribution in [0, 0.1) is 5.92 Å². The van der Waals surface area contributed by atoms with E-state index in [4.69, 9.17) is 9.47 Å². The van der Waals surface area contributed by atoms with Gasteiger partial charge in [-0.3, -0.25) is 0 Å². The zero-order chi connectivity index (χ0) is 22.6. The molecule has 0 spiro atoms. The molecule has 11 heteroatoms. The van der Waals surface area contributed by atoms with E-state index < -0.39 is 10.0 Å². The Kier molecular flexibility index (Phi) is 6.76. The molecule has 0 unspecified atom stereocenters. The highest BCUT2D eigenvalue weighted by atomic mass is 32.2. The van der Waals surface area contributed by atoms with Gasteiger partial charge in [0.1, 0.15) is 6.33 Å². The van der Waals surface area contributed by atoms with Crippen molar-refractivity contribution in [2.45, 2.75) is 6.42 Å². The summed E-state index contributed by atoms with van der Waals surface area (Å²) >= 11 is 0. The maximum atomic E-state index is 12.1. The molecule has 0 radical (unpaired) electrons. The van der Waals surface area contributed by atoms with E-state index in [-0.39, 0.29) is 5.92 Å². The number of methoxy groups -OCH3 is 2. The predicted octanol–water partition coefficient (Wildman–Crippen LogP) is 1.81. The molecular formula is C20H26N6O4S. The molecule has 1 aliphatic heterocycles. The molecule has 10 nitrogen and oxygen atoms in total. The minimum atomic E-state index is -3.46. The molecule has 1 aromatic carbocycles. The average Bonchev–Trinajstić information content (AvgIpc) is 3.43. The van der Waals surface area contributed by atoms with E-state index in [0.717, 1.165) is 5.41 Å². The zero-order valence-corrected chi connectivity index (χ0v) is 18.6. The lowest BCUT2D eigenvalue weighted by atomic mass is 10.1. The van der Waals surface area contributed by atoms with Gasteiger partial charge >= 0.3 is 0 Å². The molecule has 0 amide bonds. The van der Waals surface area contributed by atoms with E-state index in [0.29, 0.717) is 54.1 Å². The summed E-state index contributed by atoms with van der Waals surface area (Å²) in [5.74, 6) is 1.99. The number of benzene rings is 1. The van der Waals surface area contributed by atoms with Gasteiger partial charge in [0.05, 0.1) is 19.9 Å². The van der Waals surface area contributed by atoms with Gasteiger partial charge in [-0.2, -0.15) is 9.40 Å². The van der Waals surface area contributed by atoms with E-state index in [1.807, 2.05) is 0 Å². The van der Waals surface area contributed by atoms with E-state index in [1.165, 1.54) is 10.6 Å². The molecule has 3 rings (SSSR count). The standard InChI is InChI=1S/C20H26N6O4S/c1-6-31(27,28)26-10-9-15(12-26)14(2)23-19(20-21-13-22-25(20)3)24-16-7-8-17(29-4)18(11-16)30-5/h6-8,11,13,15H,1-2,9-10,12H2,3-5H3,(H,23,24)/t15-/m0/s1. The van der Waals surface area contributed by atoms with E-state index in [1.54, 1.807) is 44.1 Å². The van der Waals surface area contributed by atoms with Crippen LogP contribution >= 0.6 is 0 Å². The van der Waals surface area contributed by atoms with Crippen molar-refractivity contribution in [3.63, 3.8) is 0 Å². The van der Waals surface area contributed by atoms with Gasteiger partial charge in [0, 0.05) is 43.2 Å². The Bertz CT molecular complexity index is 1110. The smallest absolute Gasteiger partial charge is 0.235 e. The van der Waals surface area contributed by atoms with Crippen molar-refractivity contribution in [1.82, 2.24) is 24.4 Å². The Morgan fingerprint density at radius 3 is 2.68 bits per heavy atom. The fourth-order valence-electron chi connectivity index (χ4n) is 3.27. The van der Waals surface area contributed by atoms with Gasteiger partial charge in [-0.1, -0.05) is 13.2 Å². The van der Waals surface area contributed by atoms with Crippen molar-refractivity contribution in [1.29, 1.82) is 0 Å². The van der Waals surface area contributed by atoms with E-state index >= 15 is 0 Å². The monoisotopic (exact) mass is 446 g/mol. The van der Waals surface area contributed by atoms with Crippen molar-refractivity contribution >= 4 is 21.5 Å². The summed E-state index contributed by atoms with van der Waals surface area (Å²) < 4.78 is 37.7. The molecule has 1 N–H and O–H groups in total. The number of nitrogens with one attached hydrogen (secondary N) is 1. The van der Waals surface area contributed by atoms with E-state index in [9.17, 15) is 8.42 Å². The molecule has 1 fully saturated rings. The number of hydrogen-bond acceptors (Lipinski definition) is 7. The second kappa shape index (κ2) is 9.31. The SMILES string of the molecule is C=CS(=O)(=O)N1CC[C@H](C(=C)NC(=Nc2ccc(OC)c(OC)c2)c2ncnn2C)C1. The molecule has 1 atom stereocenters. The third-order valence-corrected chi connectivity index (χ3v) is 6.50. The van der Waals surface area contributed by atoms with Gasteiger partial charge in [0.15, 0.2) is 23.2 Å². The Hall–Kier alpha value is -3.18. The Morgan fingerprint density at radius 1 is 1.32 bits per heavy atom. The molecule has 0 aliphatic carbocycles. The van der Waals surface area contributed by atoms with Gasteiger partial charge in [-0.15, -0.1) is 0 Å². The van der Waals surface area contributed by atoms with Crippen LogP contribution in [0.15, 0.2) is 53.8 Å². The fraction of sp³-hybridized carbons (Fsp3) is 0.350. The van der Waals surface area contributed by atoms with Crippen LogP contribution in [0.2, 0.25) is 0 Å². The summed E-state index contributed by atoms with van der Waals surface area (Å²) in [4.78, 5) is 8.96. The first-order valence-electron chi connectivity index (χ1n) is 9.52. The molecule has 2 aromatic rings. The topological polar surface area (TPSA) is 111 Å². The normalized spacial score (nSPS) is 17.4. The lowest BCUT2D eigenvalue weighted by molar-refractivity contribution is 0.355. The van der Waals surface area contributed by atoms with Crippen LogP contribution in [0.1, 0.15) is 12.2 Å². The lowest BCUT2D eigenvalue weighted by Crippen LogP contribution is -2.32. The highest BCUT2D eigenvalue weighted by Gasteiger charge is 2.31. The molecule has 2 heterocycles. The maximum Gasteiger partial charge on any atom is 0.235 e. The molecule has 31 heavy (non-hydrogen) atoms. The number of sulfonamides is 1.